The van der Waals surface area contributed by atoms with Crippen molar-refractivity contribution < 1.29 is 14.4 Å². The van der Waals surface area contributed by atoms with Crippen LogP contribution in [0.2, 0.25) is 0 Å². The normalized spacial score (nSPS) is 19.1. The Balaban J connectivity index is 2.90. The quantitative estimate of drug-likeness (QED) is 0.740. The van der Waals surface area contributed by atoms with E-state index in [9.17, 15) is 14.4 Å². The van der Waals surface area contributed by atoms with Crippen LogP contribution in [0.5, 0.6) is 0 Å². The molecule has 1 rings (SSSR count). The Morgan fingerprint density at radius 2 is 1.95 bits per heavy atom. The van der Waals surface area contributed by atoms with E-state index in [-0.39, 0.29) is 17.7 Å². The highest BCUT2D eigenvalue weighted by atomic mass is 16.2. The first kappa shape index (κ1) is 18.2. The van der Waals surface area contributed by atoms with E-state index in [1.54, 1.807) is 18.9 Å². The van der Waals surface area contributed by atoms with Crippen LogP contribution < -0.4 is 5.73 Å². The molecule has 0 aromatic rings. The molecule has 0 aromatic heterocycles. The Bertz CT molecular complexity index is 473. The monoisotopic (exact) mass is 309 g/mol. The molecule has 0 radical (unpaired) electrons. The molecular weight excluding hydrogens is 282 g/mol. The van der Waals surface area contributed by atoms with Crippen molar-refractivity contribution in [2.75, 3.05) is 13.6 Å². The van der Waals surface area contributed by atoms with Gasteiger partial charge in [-0.05, 0) is 32.1 Å². The van der Waals surface area contributed by atoms with Crippen molar-refractivity contribution in [3.63, 3.8) is 0 Å². The third-order valence-corrected chi connectivity index (χ3v) is 4.00. The molecule has 1 heterocycles. The van der Waals surface area contributed by atoms with Gasteiger partial charge in [-0.2, -0.15) is 0 Å². The van der Waals surface area contributed by atoms with Crippen LogP contribution in [0.1, 0.15) is 40.0 Å². The van der Waals surface area contributed by atoms with E-state index in [1.807, 2.05) is 13.8 Å². The lowest BCUT2D eigenvalue weighted by Crippen LogP contribution is -2.53. The first-order valence-electron chi connectivity index (χ1n) is 7.69. The minimum Gasteiger partial charge on any atom is -0.368 e. The Hall–Kier alpha value is -1.85. The topological polar surface area (TPSA) is 83.7 Å². The fourth-order valence-electron chi connectivity index (χ4n) is 2.81. The number of carbonyl (C=O) groups excluding carboxylic acids is 3. The Morgan fingerprint density at radius 1 is 1.36 bits per heavy atom. The summed E-state index contributed by atoms with van der Waals surface area (Å²) in [5.74, 6) is -0.704. The van der Waals surface area contributed by atoms with Gasteiger partial charge in [0.2, 0.25) is 17.7 Å². The summed E-state index contributed by atoms with van der Waals surface area (Å²) in [6, 6.07) is -1.17. The Kier molecular flexibility index (Phi) is 6.14. The molecule has 6 heteroatoms. The summed E-state index contributed by atoms with van der Waals surface area (Å²) in [7, 11) is 1.59. The minimum absolute atomic E-state index is 0.205. The third kappa shape index (κ3) is 4.08. The number of hydrogen-bond donors (Lipinski definition) is 1. The standard InChI is InChI=1S/C16H27N3O3/c1-10(2)9-13(14(17)20)18(5)16(22)12-7-6-8-19(12)15(21)11(3)4/h10,12-13H,3,6-9H2,1-2,4-5H3,(H2,17,20)/t12-,13+/m0/s1. The first-order chi connectivity index (χ1) is 10.2. The lowest BCUT2D eigenvalue weighted by atomic mass is 10.0. The van der Waals surface area contributed by atoms with Gasteiger partial charge < -0.3 is 15.5 Å². The lowest BCUT2D eigenvalue weighted by molar-refractivity contribution is -0.145. The number of nitrogens with two attached hydrogens (primary N) is 1. The zero-order chi connectivity index (χ0) is 17.0. The molecule has 0 aliphatic carbocycles. The smallest absolute Gasteiger partial charge is 0.249 e. The number of primary amides is 1. The van der Waals surface area contributed by atoms with Crippen LogP contribution in [0.4, 0.5) is 0 Å². The van der Waals surface area contributed by atoms with Crippen molar-refractivity contribution in [3.8, 4) is 0 Å². The van der Waals surface area contributed by atoms with Gasteiger partial charge in [-0.1, -0.05) is 20.4 Å². The number of rotatable bonds is 6. The molecule has 1 aliphatic heterocycles. The van der Waals surface area contributed by atoms with E-state index in [2.05, 4.69) is 6.58 Å². The van der Waals surface area contributed by atoms with Crippen molar-refractivity contribution in [3.05, 3.63) is 12.2 Å². The van der Waals surface area contributed by atoms with Crippen LogP contribution in [-0.2, 0) is 14.4 Å². The van der Waals surface area contributed by atoms with Crippen LogP contribution in [0.15, 0.2) is 12.2 Å². The fourth-order valence-corrected chi connectivity index (χ4v) is 2.81. The van der Waals surface area contributed by atoms with E-state index in [0.29, 0.717) is 25.0 Å². The van der Waals surface area contributed by atoms with Crippen LogP contribution in [0.25, 0.3) is 0 Å². The summed E-state index contributed by atoms with van der Waals surface area (Å²) in [6.45, 7) is 9.78. The Morgan fingerprint density at radius 3 is 2.41 bits per heavy atom. The zero-order valence-electron chi connectivity index (χ0n) is 14.0. The van der Waals surface area contributed by atoms with E-state index in [4.69, 9.17) is 5.73 Å². The molecule has 6 nitrogen and oxygen atoms in total. The number of carbonyl (C=O) groups is 3. The highest BCUT2D eigenvalue weighted by molar-refractivity contribution is 5.97. The summed E-state index contributed by atoms with van der Waals surface area (Å²) < 4.78 is 0. The SMILES string of the molecule is C=C(C)C(=O)N1CCC[C@H]1C(=O)N(C)[C@H](CC(C)C)C(N)=O. The average Bonchev–Trinajstić information content (AvgIpc) is 2.90. The molecule has 2 atom stereocenters. The van der Waals surface area contributed by atoms with E-state index >= 15 is 0 Å². The number of likely N-dealkylation sites (tertiary alicyclic amines) is 1. The summed E-state index contributed by atoms with van der Waals surface area (Å²) in [5.41, 5.74) is 5.85. The van der Waals surface area contributed by atoms with Crippen LogP contribution in [0, 0.1) is 5.92 Å². The van der Waals surface area contributed by atoms with Gasteiger partial charge in [-0.3, -0.25) is 14.4 Å². The Labute approximate surface area is 132 Å². The molecule has 0 bridgehead atoms. The summed E-state index contributed by atoms with van der Waals surface area (Å²) in [4.78, 5) is 39.4. The fraction of sp³-hybridized carbons (Fsp3) is 0.688. The van der Waals surface area contributed by atoms with Gasteiger partial charge in [-0.25, -0.2) is 0 Å². The lowest BCUT2D eigenvalue weighted by Gasteiger charge is -2.32. The van der Waals surface area contributed by atoms with Gasteiger partial charge in [0, 0.05) is 19.2 Å². The maximum atomic E-state index is 12.7. The number of hydrogen-bond acceptors (Lipinski definition) is 3. The van der Waals surface area contributed by atoms with Crippen molar-refractivity contribution in [2.45, 2.75) is 52.1 Å². The molecule has 1 saturated heterocycles. The molecule has 1 aliphatic rings. The molecular formula is C16H27N3O3. The molecule has 1 fully saturated rings. The van der Waals surface area contributed by atoms with Crippen molar-refractivity contribution in [1.82, 2.24) is 9.80 Å². The predicted octanol–water partition coefficient (Wildman–Crippen LogP) is 0.912. The van der Waals surface area contributed by atoms with Crippen molar-refractivity contribution >= 4 is 17.7 Å². The predicted molar refractivity (Wildman–Crippen MR) is 84.8 cm³/mol. The summed E-state index contributed by atoms with van der Waals surface area (Å²) in [6.07, 6.45) is 1.89. The maximum Gasteiger partial charge on any atom is 0.249 e. The number of likely N-dealkylation sites (N-methyl/N-ethyl adjacent to an activating group) is 1. The second-order valence-corrected chi connectivity index (χ2v) is 6.43. The number of nitrogens with zero attached hydrogens (tertiary/aromatic N) is 2. The van der Waals surface area contributed by atoms with Crippen molar-refractivity contribution in [1.29, 1.82) is 0 Å². The largest absolute Gasteiger partial charge is 0.368 e. The molecule has 0 unspecified atom stereocenters. The highest BCUT2D eigenvalue weighted by Gasteiger charge is 2.38. The van der Waals surface area contributed by atoms with Crippen molar-refractivity contribution in [2.24, 2.45) is 11.7 Å². The maximum absolute atomic E-state index is 12.7. The molecule has 0 aromatic carbocycles. The second kappa shape index (κ2) is 7.42. The van der Waals surface area contributed by atoms with Gasteiger partial charge in [0.25, 0.3) is 0 Å². The van der Waals surface area contributed by atoms with Gasteiger partial charge in [0.05, 0.1) is 0 Å². The minimum atomic E-state index is -0.644. The van der Waals surface area contributed by atoms with Crippen LogP contribution in [-0.4, -0.2) is 53.2 Å². The summed E-state index contributed by atoms with van der Waals surface area (Å²) >= 11 is 0. The van der Waals surface area contributed by atoms with Crippen LogP contribution >= 0.6 is 0 Å². The molecule has 3 amide bonds. The molecule has 0 saturated carbocycles. The highest BCUT2D eigenvalue weighted by Crippen LogP contribution is 2.22. The first-order valence-corrected chi connectivity index (χ1v) is 7.69. The average molecular weight is 309 g/mol. The molecule has 2 N–H and O–H groups in total. The van der Waals surface area contributed by atoms with Gasteiger partial charge in [0.15, 0.2) is 0 Å². The molecule has 22 heavy (non-hydrogen) atoms. The van der Waals surface area contributed by atoms with E-state index < -0.39 is 18.0 Å². The van der Waals surface area contributed by atoms with E-state index in [1.165, 1.54) is 4.90 Å². The third-order valence-electron chi connectivity index (χ3n) is 4.00. The number of amides is 3. The van der Waals surface area contributed by atoms with Gasteiger partial charge >= 0.3 is 0 Å². The molecule has 124 valence electrons. The zero-order valence-corrected chi connectivity index (χ0v) is 14.0. The van der Waals surface area contributed by atoms with Gasteiger partial charge in [-0.15, -0.1) is 0 Å². The second-order valence-electron chi connectivity index (χ2n) is 6.43. The van der Waals surface area contributed by atoms with Gasteiger partial charge in [0.1, 0.15) is 12.1 Å². The molecule has 0 spiro atoms. The summed E-state index contributed by atoms with van der Waals surface area (Å²) in [5, 5.41) is 0. The van der Waals surface area contributed by atoms with E-state index in [0.717, 1.165) is 6.42 Å². The van der Waals surface area contributed by atoms with Crippen LogP contribution in [0.3, 0.4) is 0 Å².